The van der Waals surface area contributed by atoms with E-state index in [2.05, 4.69) is 0 Å². The largest absolute Gasteiger partial charge is 0.477 e. The van der Waals surface area contributed by atoms with Gasteiger partial charge in [0.2, 0.25) is 0 Å². The third-order valence-corrected chi connectivity index (χ3v) is 3.49. The third-order valence-electron chi connectivity index (χ3n) is 3.49. The fourth-order valence-electron chi connectivity index (χ4n) is 2.24. The molecule has 1 aromatic rings. The highest BCUT2D eigenvalue weighted by Crippen LogP contribution is 2.29. The predicted octanol–water partition coefficient (Wildman–Crippen LogP) is 2.97. The number of aliphatic carboxylic acids is 2. The van der Waals surface area contributed by atoms with E-state index in [9.17, 15) is 18.4 Å². The summed E-state index contributed by atoms with van der Waals surface area (Å²) < 4.78 is 28.1. The molecule has 7 heteroatoms. The number of nitrogens with zero attached hydrogens (tertiary/aromatic N) is 1. The first-order chi connectivity index (χ1) is 10.8. The summed E-state index contributed by atoms with van der Waals surface area (Å²) in [5, 5.41) is 17.9. The van der Waals surface area contributed by atoms with Crippen LogP contribution in [-0.2, 0) is 22.4 Å². The zero-order valence-corrected chi connectivity index (χ0v) is 13.2. The third kappa shape index (κ3) is 3.85. The number of hydrogen-bond donors (Lipinski definition) is 2. The number of hydrogen-bond acceptors (Lipinski definition) is 3. The van der Waals surface area contributed by atoms with Gasteiger partial charge in [-0.1, -0.05) is 13.8 Å². The number of halogens is 2. The molecule has 0 aliphatic rings. The molecular weight excluding hydrogens is 308 g/mol. The van der Waals surface area contributed by atoms with Crippen molar-refractivity contribution in [3.63, 3.8) is 0 Å². The summed E-state index contributed by atoms with van der Waals surface area (Å²) in [5.74, 6) is -5.12. The molecule has 5 nitrogen and oxygen atoms in total. The summed E-state index contributed by atoms with van der Waals surface area (Å²) >= 11 is 0. The highest BCUT2D eigenvalue weighted by Gasteiger charge is 2.22. The minimum absolute atomic E-state index is 0.0768. The highest BCUT2D eigenvalue weighted by atomic mass is 19.2. The Balaban J connectivity index is 3.57. The maximum absolute atomic E-state index is 14.2. The predicted molar refractivity (Wildman–Crippen MR) is 81.5 cm³/mol. The second-order valence-electron chi connectivity index (χ2n) is 4.81. The summed E-state index contributed by atoms with van der Waals surface area (Å²) in [6, 6.07) is 1.43. The van der Waals surface area contributed by atoms with Gasteiger partial charge in [0.25, 0.3) is 0 Å². The lowest BCUT2D eigenvalue weighted by atomic mass is 10.0. The number of rotatable bonds is 7. The van der Waals surface area contributed by atoms with Crippen molar-refractivity contribution in [3.8, 4) is 0 Å². The molecule has 0 aromatic heterocycles. The molecule has 0 fully saturated rings. The SMILES string of the molecule is CCc1cc(N(C=C(C(=O)O)C(=O)O)CC)c(CC)c(F)c1F. The van der Waals surface area contributed by atoms with E-state index in [1.807, 2.05) is 0 Å². The van der Waals surface area contributed by atoms with Crippen LogP contribution in [0, 0.1) is 11.6 Å². The molecule has 0 aliphatic heterocycles. The average molecular weight is 327 g/mol. The molecule has 0 spiro atoms. The van der Waals surface area contributed by atoms with Crippen LogP contribution in [0.4, 0.5) is 14.5 Å². The number of anilines is 1. The molecule has 0 amide bonds. The van der Waals surface area contributed by atoms with Gasteiger partial charge in [0, 0.05) is 24.0 Å². The van der Waals surface area contributed by atoms with Crippen molar-refractivity contribution in [1.29, 1.82) is 0 Å². The van der Waals surface area contributed by atoms with Gasteiger partial charge in [0.05, 0.1) is 0 Å². The van der Waals surface area contributed by atoms with E-state index in [-0.39, 0.29) is 36.2 Å². The molecule has 0 aliphatic carbocycles. The van der Waals surface area contributed by atoms with E-state index in [0.717, 1.165) is 6.20 Å². The maximum Gasteiger partial charge on any atom is 0.344 e. The van der Waals surface area contributed by atoms with Crippen molar-refractivity contribution in [2.75, 3.05) is 11.4 Å². The first-order valence-corrected chi connectivity index (χ1v) is 7.23. The van der Waals surface area contributed by atoms with Crippen LogP contribution in [0.15, 0.2) is 17.8 Å². The molecule has 0 heterocycles. The molecule has 0 radical (unpaired) electrons. The second-order valence-corrected chi connectivity index (χ2v) is 4.81. The summed E-state index contributed by atoms with van der Waals surface area (Å²) in [6.45, 7) is 5.16. The summed E-state index contributed by atoms with van der Waals surface area (Å²) in [6.07, 6.45) is 1.36. The lowest BCUT2D eigenvalue weighted by Gasteiger charge is -2.24. The lowest BCUT2D eigenvalue weighted by Crippen LogP contribution is -2.23. The van der Waals surface area contributed by atoms with Gasteiger partial charge in [0.15, 0.2) is 17.2 Å². The van der Waals surface area contributed by atoms with Gasteiger partial charge >= 0.3 is 11.9 Å². The number of carbonyl (C=O) groups is 2. The zero-order valence-electron chi connectivity index (χ0n) is 13.2. The quantitative estimate of drug-likeness (QED) is 0.457. The van der Waals surface area contributed by atoms with Crippen LogP contribution in [0.1, 0.15) is 31.9 Å². The van der Waals surface area contributed by atoms with Crippen molar-refractivity contribution in [3.05, 3.63) is 40.6 Å². The number of carboxylic acids is 2. The number of benzene rings is 1. The standard InChI is InChI=1S/C16H19F2NO4/c1-4-9-7-12(10(5-2)14(18)13(9)17)19(6-3)8-11(15(20)21)16(22)23/h7-8H,4-6H2,1-3H3,(H,20,21)(H,22,23). The van der Waals surface area contributed by atoms with E-state index < -0.39 is 29.1 Å². The minimum atomic E-state index is -1.60. The molecule has 23 heavy (non-hydrogen) atoms. The monoisotopic (exact) mass is 327 g/mol. The van der Waals surface area contributed by atoms with E-state index in [1.54, 1.807) is 20.8 Å². The number of aryl methyl sites for hydroxylation is 1. The molecule has 0 saturated carbocycles. The molecule has 0 unspecified atom stereocenters. The second kappa shape index (κ2) is 7.71. The highest BCUT2D eigenvalue weighted by molar-refractivity contribution is 6.12. The Morgan fingerprint density at radius 1 is 1.09 bits per heavy atom. The minimum Gasteiger partial charge on any atom is -0.477 e. The van der Waals surface area contributed by atoms with Gasteiger partial charge in [-0.3, -0.25) is 0 Å². The van der Waals surface area contributed by atoms with E-state index >= 15 is 0 Å². The van der Waals surface area contributed by atoms with Gasteiger partial charge in [-0.2, -0.15) is 0 Å². The van der Waals surface area contributed by atoms with Gasteiger partial charge in [0.1, 0.15) is 0 Å². The first-order valence-electron chi connectivity index (χ1n) is 7.23. The molecule has 1 aromatic carbocycles. The van der Waals surface area contributed by atoms with Gasteiger partial charge in [-0.15, -0.1) is 0 Å². The van der Waals surface area contributed by atoms with Crippen LogP contribution in [0.5, 0.6) is 0 Å². The zero-order chi connectivity index (χ0) is 17.7. The molecule has 0 atom stereocenters. The molecule has 0 saturated heterocycles. The van der Waals surface area contributed by atoms with Crippen molar-refractivity contribution < 1.29 is 28.6 Å². The van der Waals surface area contributed by atoms with Crippen molar-refractivity contribution >= 4 is 17.6 Å². The van der Waals surface area contributed by atoms with E-state index in [4.69, 9.17) is 10.2 Å². The Hall–Kier alpha value is -2.44. The van der Waals surface area contributed by atoms with Crippen molar-refractivity contribution in [2.24, 2.45) is 0 Å². The van der Waals surface area contributed by atoms with E-state index in [0.29, 0.717) is 0 Å². The normalized spacial score (nSPS) is 10.3. The van der Waals surface area contributed by atoms with Crippen LogP contribution in [0.25, 0.3) is 0 Å². The average Bonchev–Trinajstić information content (AvgIpc) is 2.50. The molecule has 1 rings (SSSR count). The van der Waals surface area contributed by atoms with Gasteiger partial charge in [-0.05, 0) is 31.4 Å². The number of carboxylic acid groups (broad SMARTS) is 2. The maximum atomic E-state index is 14.2. The lowest BCUT2D eigenvalue weighted by molar-refractivity contribution is -0.140. The Morgan fingerprint density at radius 3 is 2.04 bits per heavy atom. The Bertz CT molecular complexity index is 640. The summed E-state index contributed by atoms with van der Waals surface area (Å²) in [4.78, 5) is 23.3. The van der Waals surface area contributed by atoms with Gasteiger partial charge < -0.3 is 15.1 Å². The van der Waals surface area contributed by atoms with Crippen molar-refractivity contribution in [2.45, 2.75) is 33.6 Å². The van der Waals surface area contributed by atoms with Crippen molar-refractivity contribution in [1.82, 2.24) is 0 Å². The Kier molecular flexibility index (Phi) is 6.24. The Morgan fingerprint density at radius 2 is 1.65 bits per heavy atom. The van der Waals surface area contributed by atoms with Crippen LogP contribution >= 0.6 is 0 Å². The van der Waals surface area contributed by atoms with Crippen LogP contribution < -0.4 is 4.90 Å². The molecule has 2 N–H and O–H groups in total. The Labute approximate surface area is 132 Å². The summed E-state index contributed by atoms with van der Waals surface area (Å²) in [7, 11) is 0. The molecule has 0 bridgehead atoms. The van der Waals surface area contributed by atoms with Crippen LogP contribution in [-0.4, -0.2) is 28.7 Å². The fourth-order valence-corrected chi connectivity index (χ4v) is 2.24. The molecule has 126 valence electrons. The smallest absolute Gasteiger partial charge is 0.344 e. The van der Waals surface area contributed by atoms with Crippen LogP contribution in [0.2, 0.25) is 0 Å². The van der Waals surface area contributed by atoms with Crippen LogP contribution in [0.3, 0.4) is 0 Å². The molecular formula is C16H19F2NO4. The fraction of sp³-hybridized carbons (Fsp3) is 0.375. The topological polar surface area (TPSA) is 77.8 Å². The van der Waals surface area contributed by atoms with Gasteiger partial charge in [-0.25, -0.2) is 18.4 Å². The van der Waals surface area contributed by atoms with E-state index in [1.165, 1.54) is 11.0 Å². The first kappa shape index (κ1) is 18.6. The summed E-state index contributed by atoms with van der Waals surface area (Å²) in [5.41, 5.74) is -0.357.